The van der Waals surface area contributed by atoms with Crippen molar-refractivity contribution in [3.05, 3.63) is 113 Å². The van der Waals surface area contributed by atoms with Crippen molar-refractivity contribution in [2.75, 3.05) is 0 Å². The van der Waals surface area contributed by atoms with Gasteiger partial charge in [-0.3, -0.25) is 14.7 Å². The van der Waals surface area contributed by atoms with Gasteiger partial charge in [0.05, 0.1) is 16.1 Å². The molecule has 2 aliphatic carbocycles. The highest BCUT2D eigenvalue weighted by atomic mass is 32.2. The van der Waals surface area contributed by atoms with Gasteiger partial charge in [0, 0.05) is 11.8 Å². The van der Waals surface area contributed by atoms with Gasteiger partial charge in [-0.1, -0.05) is 54.6 Å². The van der Waals surface area contributed by atoms with Crippen LogP contribution in [-0.4, -0.2) is 29.3 Å². The van der Waals surface area contributed by atoms with Crippen LogP contribution < -0.4 is 10.4 Å². The average Bonchev–Trinajstić information content (AvgIpc) is 3.06. The first-order valence-corrected chi connectivity index (χ1v) is 13.0. The molecule has 9 heteroatoms. The molecular weight excluding hydrogens is 478 g/mol. The molecule has 1 atom stereocenters. The van der Waals surface area contributed by atoms with Crippen molar-refractivity contribution in [1.29, 1.82) is 0 Å². The molecule has 8 nitrogen and oxygen atoms in total. The molecule has 3 aromatic carbocycles. The predicted octanol–water partition coefficient (Wildman–Crippen LogP) is 2.58. The van der Waals surface area contributed by atoms with E-state index in [4.69, 9.17) is 0 Å². The Morgan fingerprint density at radius 1 is 0.944 bits per heavy atom. The van der Waals surface area contributed by atoms with Crippen molar-refractivity contribution in [1.82, 2.24) is 0 Å². The summed E-state index contributed by atoms with van der Waals surface area (Å²) in [7, 11) is -4.93. The lowest BCUT2D eigenvalue weighted by Crippen LogP contribution is -2.41. The number of amidine groups is 1. The Balaban J connectivity index is 1.78. The van der Waals surface area contributed by atoms with E-state index < -0.39 is 25.9 Å². The summed E-state index contributed by atoms with van der Waals surface area (Å²) in [5.41, 5.74) is 0.934. The second kappa shape index (κ2) is 8.04. The van der Waals surface area contributed by atoms with E-state index in [1.165, 1.54) is 22.6 Å². The van der Waals surface area contributed by atoms with E-state index in [9.17, 15) is 23.1 Å². The molecule has 0 amide bonds. The summed E-state index contributed by atoms with van der Waals surface area (Å²) in [5, 5.41) is 15.6. The van der Waals surface area contributed by atoms with Crippen LogP contribution in [0.1, 0.15) is 40.7 Å². The van der Waals surface area contributed by atoms with Crippen molar-refractivity contribution in [3.8, 4) is 0 Å². The number of benzene rings is 3. The number of nitrogens with zero attached hydrogens (tertiary/aromatic N) is 3. The molecule has 6 rings (SSSR count). The number of aliphatic imine (C=N–C) groups is 2. The van der Waals surface area contributed by atoms with Gasteiger partial charge < -0.3 is 0 Å². The van der Waals surface area contributed by atoms with E-state index in [0.717, 1.165) is 29.7 Å². The number of hydrogen-bond acceptors (Lipinski definition) is 6. The van der Waals surface area contributed by atoms with Crippen molar-refractivity contribution in [2.45, 2.75) is 31.3 Å². The van der Waals surface area contributed by atoms with Gasteiger partial charge in [-0.05, 0) is 69.8 Å². The molecule has 3 aromatic rings. The second-order valence-electron chi connectivity index (χ2n) is 9.08. The molecule has 1 aliphatic heterocycles. The average molecular weight is 500 g/mol. The highest BCUT2D eigenvalue weighted by Crippen LogP contribution is 2.37. The topological polar surface area (TPSA) is 122 Å². The van der Waals surface area contributed by atoms with Crippen molar-refractivity contribution < 1.29 is 17.9 Å². The van der Waals surface area contributed by atoms with Crippen LogP contribution in [0.25, 0.3) is 12.2 Å². The van der Waals surface area contributed by atoms with Crippen LogP contribution in [0.5, 0.6) is 0 Å². The molecule has 0 bridgehead atoms. The maximum atomic E-state index is 12.9. The van der Waals surface area contributed by atoms with Gasteiger partial charge in [0.25, 0.3) is 5.17 Å². The number of hydrogen-bond donors (Lipinski definition) is 1. The summed E-state index contributed by atoms with van der Waals surface area (Å²) in [6.07, 6.45) is 9.12. The minimum Gasteiger partial charge on any atom is -0.279 e. The van der Waals surface area contributed by atoms with Crippen LogP contribution in [0.4, 0.5) is 0 Å². The normalized spacial score (nSPS) is 19.9. The third-order valence-electron chi connectivity index (χ3n) is 7.15. The first-order chi connectivity index (χ1) is 17.3. The quantitative estimate of drug-likeness (QED) is 0.330. The highest BCUT2D eigenvalue weighted by Gasteiger charge is 2.51. The minimum absolute atomic E-state index is 0.171. The summed E-state index contributed by atoms with van der Waals surface area (Å²) in [6.45, 7) is 0. The van der Waals surface area contributed by atoms with Gasteiger partial charge in [0.1, 0.15) is 0 Å². The van der Waals surface area contributed by atoms with Gasteiger partial charge in [-0.25, -0.2) is 4.99 Å². The van der Waals surface area contributed by atoms with E-state index in [1.807, 2.05) is 12.1 Å². The molecule has 1 unspecified atom stereocenters. The third-order valence-corrected chi connectivity index (χ3v) is 7.81. The number of fused-ring (bicyclic) bond motifs is 5. The van der Waals surface area contributed by atoms with Crippen molar-refractivity contribution in [3.63, 3.8) is 0 Å². The van der Waals surface area contributed by atoms with Crippen LogP contribution >= 0.6 is 0 Å². The zero-order valence-corrected chi connectivity index (χ0v) is 19.9. The Morgan fingerprint density at radius 2 is 1.75 bits per heavy atom. The SMILES string of the molecule is O=[N+]([O-])C1(c2cccc3c2=CCc2c4c(ccc2=3)=CCCC4)N=C(S(=O)(=O)O)N=Cc2ccccc21. The predicted molar refractivity (Wildman–Crippen MR) is 136 cm³/mol. The molecular formula is C27H21N3O5S. The van der Waals surface area contributed by atoms with Crippen LogP contribution in [0.3, 0.4) is 0 Å². The van der Waals surface area contributed by atoms with Gasteiger partial charge in [0.15, 0.2) is 0 Å². The zero-order valence-electron chi connectivity index (χ0n) is 19.1. The molecule has 0 spiro atoms. The summed E-state index contributed by atoms with van der Waals surface area (Å²) in [4.78, 5) is 20.2. The molecule has 3 aliphatic rings. The smallest absolute Gasteiger partial charge is 0.279 e. The van der Waals surface area contributed by atoms with Crippen LogP contribution in [0, 0.1) is 20.6 Å². The lowest BCUT2D eigenvalue weighted by atomic mass is 9.84. The Kier molecular flexibility index (Phi) is 5.03. The zero-order chi connectivity index (χ0) is 25.1. The lowest BCUT2D eigenvalue weighted by Gasteiger charge is -2.24. The van der Waals surface area contributed by atoms with E-state index in [-0.39, 0.29) is 11.1 Å². The van der Waals surface area contributed by atoms with Gasteiger partial charge in [-0.15, -0.1) is 0 Å². The lowest BCUT2D eigenvalue weighted by molar-refractivity contribution is -0.564. The first kappa shape index (κ1) is 22.5. The molecule has 0 aromatic heterocycles. The van der Waals surface area contributed by atoms with E-state index in [2.05, 4.69) is 28.2 Å². The summed E-state index contributed by atoms with van der Waals surface area (Å²) in [6, 6.07) is 15.9. The Bertz CT molecular complexity index is 1860. The summed E-state index contributed by atoms with van der Waals surface area (Å²) < 4.78 is 34.0. The van der Waals surface area contributed by atoms with E-state index in [1.54, 1.807) is 36.4 Å². The van der Waals surface area contributed by atoms with Gasteiger partial charge >= 0.3 is 15.8 Å². The van der Waals surface area contributed by atoms with Crippen LogP contribution in [-0.2, 0) is 28.6 Å². The van der Waals surface area contributed by atoms with Crippen LogP contribution in [0.15, 0.2) is 64.6 Å². The molecule has 0 saturated carbocycles. The van der Waals surface area contributed by atoms with Crippen molar-refractivity contribution >= 4 is 33.7 Å². The van der Waals surface area contributed by atoms with Crippen molar-refractivity contribution in [2.24, 2.45) is 9.98 Å². The molecule has 0 fully saturated rings. The maximum absolute atomic E-state index is 12.9. The Hall–Kier alpha value is -3.95. The van der Waals surface area contributed by atoms with Gasteiger partial charge in [0.2, 0.25) is 0 Å². The fourth-order valence-electron chi connectivity index (χ4n) is 5.59. The fourth-order valence-corrected chi connectivity index (χ4v) is 6.03. The molecule has 0 radical (unpaired) electrons. The molecule has 0 saturated heterocycles. The molecule has 36 heavy (non-hydrogen) atoms. The Morgan fingerprint density at radius 3 is 2.56 bits per heavy atom. The third kappa shape index (κ3) is 3.27. The minimum atomic E-state index is -4.93. The molecule has 1 N–H and O–H groups in total. The standard InChI is InChI=1S/C27H21N3O5S/c31-30(32)27(24-10-4-2-7-18(24)16-28-26(29-27)36(33,34)35)25-11-5-9-20-22-13-12-17-6-1-3-8-19(17)21(22)14-15-23(20)25/h2,4-7,9-13,15-16H,1,3,8,14H2,(H,33,34,35). The molecule has 1 heterocycles. The second-order valence-corrected chi connectivity index (χ2v) is 10.4. The monoisotopic (exact) mass is 499 g/mol. The van der Waals surface area contributed by atoms with Crippen LogP contribution in [0.2, 0.25) is 0 Å². The molecule has 180 valence electrons. The number of rotatable bonds is 2. The summed E-state index contributed by atoms with van der Waals surface area (Å²) >= 11 is 0. The summed E-state index contributed by atoms with van der Waals surface area (Å²) in [5.74, 6) is 0. The Labute approximate surface area is 206 Å². The fraction of sp³-hybridized carbons (Fsp3) is 0.185. The first-order valence-electron chi connectivity index (χ1n) is 11.6. The highest BCUT2D eigenvalue weighted by molar-refractivity contribution is 8.01. The largest absolute Gasteiger partial charge is 0.368 e. The van der Waals surface area contributed by atoms with Gasteiger partial charge in [-0.2, -0.15) is 13.4 Å². The number of nitro groups is 1. The van der Waals surface area contributed by atoms with E-state index >= 15 is 0 Å². The van der Waals surface area contributed by atoms with E-state index in [0.29, 0.717) is 17.2 Å². The maximum Gasteiger partial charge on any atom is 0.368 e.